The second-order valence-corrected chi connectivity index (χ2v) is 6.75. The lowest BCUT2D eigenvalue weighted by molar-refractivity contribution is -0.120. The van der Waals surface area contributed by atoms with E-state index in [1.165, 1.54) is 11.8 Å². The molecular weight excluding hydrogens is 340 g/mol. The van der Waals surface area contributed by atoms with Crippen LogP contribution in [-0.2, 0) is 9.59 Å². The molecule has 0 heterocycles. The van der Waals surface area contributed by atoms with Crippen molar-refractivity contribution in [2.75, 3.05) is 23.4 Å². The average Bonchev–Trinajstić information content (AvgIpc) is 2.62. The first-order valence-corrected chi connectivity index (χ1v) is 9.24. The molecule has 2 rings (SSSR count). The van der Waals surface area contributed by atoms with Gasteiger partial charge in [-0.25, -0.2) is 0 Å². The van der Waals surface area contributed by atoms with E-state index >= 15 is 0 Å². The van der Waals surface area contributed by atoms with Gasteiger partial charge in [0.2, 0.25) is 11.8 Å². The Balaban J connectivity index is 2.26. The fourth-order valence-electron chi connectivity index (χ4n) is 2.99. The minimum absolute atomic E-state index is 0.0781. The quantitative estimate of drug-likeness (QED) is 0.782. The molecule has 144 valence electrons. The van der Waals surface area contributed by atoms with Crippen LogP contribution in [0.15, 0.2) is 42.5 Å². The van der Waals surface area contributed by atoms with Gasteiger partial charge in [0.15, 0.2) is 0 Å². The van der Waals surface area contributed by atoms with Gasteiger partial charge >= 0.3 is 0 Å². The number of anilines is 2. The number of aryl methyl sites for hydroxylation is 1. The van der Waals surface area contributed by atoms with Gasteiger partial charge in [-0.3, -0.25) is 14.5 Å². The highest BCUT2D eigenvalue weighted by Crippen LogP contribution is 2.29. The number of carbonyl (C=O) groups is 2. The molecule has 1 N–H and O–H groups in total. The van der Waals surface area contributed by atoms with E-state index < -0.39 is 0 Å². The summed E-state index contributed by atoms with van der Waals surface area (Å²) in [5, 5.41) is 2.99. The number of ether oxygens (including phenoxy) is 1. The van der Waals surface area contributed by atoms with Crippen LogP contribution in [0.1, 0.15) is 44.7 Å². The predicted molar refractivity (Wildman–Crippen MR) is 110 cm³/mol. The van der Waals surface area contributed by atoms with Gasteiger partial charge in [-0.2, -0.15) is 0 Å². The second-order valence-electron chi connectivity index (χ2n) is 6.75. The Hall–Kier alpha value is -2.82. The summed E-state index contributed by atoms with van der Waals surface area (Å²) >= 11 is 0. The van der Waals surface area contributed by atoms with E-state index in [1.807, 2.05) is 44.2 Å². The minimum atomic E-state index is -0.243. The molecule has 2 aromatic carbocycles. The fourth-order valence-corrected chi connectivity index (χ4v) is 2.99. The van der Waals surface area contributed by atoms with Gasteiger partial charge in [0.05, 0.1) is 12.3 Å². The standard InChI is InChI=1S/C22H28N2O3/c1-6-27-20-13-8-7-12-19(20)24(17(5)25)14-21(26)23-22-16(4)10-9-11-18(22)15(2)3/h7-13,15H,6,14H2,1-5H3,(H,23,26). The minimum Gasteiger partial charge on any atom is -0.492 e. The summed E-state index contributed by atoms with van der Waals surface area (Å²) in [5.74, 6) is 0.406. The summed E-state index contributed by atoms with van der Waals surface area (Å²) in [5.41, 5.74) is 3.49. The van der Waals surface area contributed by atoms with E-state index in [-0.39, 0.29) is 24.3 Å². The van der Waals surface area contributed by atoms with Crippen molar-refractivity contribution < 1.29 is 14.3 Å². The Bertz CT molecular complexity index is 815. The van der Waals surface area contributed by atoms with Gasteiger partial charge in [0.25, 0.3) is 0 Å². The molecule has 0 unspecified atom stereocenters. The molecule has 0 aromatic heterocycles. The average molecular weight is 368 g/mol. The number of amides is 2. The molecule has 2 aromatic rings. The molecule has 0 saturated carbocycles. The molecule has 0 radical (unpaired) electrons. The first-order valence-electron chi connectivity index (χ1n) is 9.24. The van der Waals surface area contributed by atoms with Crippen LogP contribution in [0.25, 0.3) is 0 Å². The van der Waals surface area contributed by atoms with Crippen LogP contribution in [0.2, 0.25) is 0 Å². The van der Waals surface area contributed by atoms with Crippen LogP contribution in [0.3, 0.4) is 0 Å². The third-order valence-corrected chi connectivity index (χ3v) is 4.33. The maximum atomic E-state index is 12.8. The Kier molecular flexibility index (Phi) is 6.99. The first-order chi connectivity index (χ1) is 12.8. The largest absolute Gasteiger partial charge is 0.492 e. The molecule has 0 fully saturated rings. The predicted octanol–water partition coefficient (Wildman–Crippen LogP) is 4.51. The highest BCUT2D eigenvalue weighted by Gasteiger charge is 2.20. The Labute approximate surface area is 161 Å². The van der Waals surface area contributed by atoms with E-state index in [0.717, 1.165) is 16.8 Å². The van der Waals surface area contributed by atoms with Gasteiger partial charge in [-0.05, 0) is 43.0 Å². The van der Waals surface area contributed by atoms with Crippen molar-refractivity contribution >= 4 is 23.2 Å². The van der Waals surface area contributed by atoms with Crippen LogP contribution < -0.4 is 15.0 Å². The molecular formula is C22H28N2O3. The Morgan fingerprint density at radius 2 is 1.81 bits per heavy atom. The molecule has 0 spiro atoms. The van der Waals surface area contributed by atoms with Crippen LogP contribution in [-0.4, -0.2) is 25.0 Å². The van der Waals surface area contributed by atoms with Gasteiger partial charge in [-0.1, -0.05) is 44.2 Å². The molecule has 0 aliphatic carbocycles. The smallest absolute Gasteiger partial charge is 0.244 e. The first kappa shape index (κ1) is 20.5. The Morgan fingerprint density at radius 3 is 2.44 bits per heavy atom. The number of nitrogens with one attached hydrogen (secondary N) is 1. The third-order valence-electron chi connectivity index (χ3n) is 4.33. The molecule has 0 aliphatic heterocycles. The van der Waals surface area contributed by atoms with Crippen molar-refractivity contribution in [3.63, 3.8) is 0 Å². The van der Waals surface area contributed by atoms with E-state index in [1.54, 1.807) is 12.1 Å². The van der Waals surface area contributed by atoms with Gasteiger partial charge in [0.1, 0.15) is 12.3 Å². The summed E-state index contributed by atoms with van der Waals surface area (Å²) < 4.78 is 5.61. The maximum Gasteiger partial charge on any atom is 0.244 e. The van der Waals surface area contributed by atoms with Crippen LogP contribution in [0.4, 0.5) is 11.4 Å². The summed E-state index contributed by atoms with van der Waals surface area (Å²) in [4.78, 5) is 26.4. The summed E-state index contributed by atoms with van der Waals surface area (Å²) in [6.45, 7) is 9.88. The molecule has 0 saturated heterocycles. The number of benzene rings is 2. The summed E-state index contributed by atoms with van der Waals surface area (Å²) in [7, 11) is 0. The summed E-state index contributed by atoms with van der Waals surface area (Å²) in [6, 6.07) is 13.2. The van der Waals surface area contributed by atoms with Crippen molar-refractivity contribution in [1.82, 2.24) is 0 Å². The van der Waals surface area contributed by atoms with E-state index in [9.17, 15) is 9.59 Å². The number of hydrogen-bond acceptors (Lipinski definition) is 3. The van der Waals surface area contributed by atoms with Crippen LogP contribution >= 0.6 is 0 Å². The highest BCUT2D eigenvalue weighted by molar-refractivity contribution is 6.03. The van der Waals surface area contributed by atoms with Crippen LogP contribution in [0.5, 0.6) is 5.75 Å². The fraction of sp³-hybridized carbons (Fsp3) is 0.364. The second kappa shape index (κ2) is 9.21. The number of nitrogens with zero attached hydrogens (tertiary/aromatic N) is 1. The summed E-state index contributed by atoms with van der Waals surface area (Å²) in [6.07, 6.45) is 0. The van der Waals surface area contributed by atoms with E-state index in [2.05, 4.69) is 19.2 Å². The van der Waals surface area contributed by atoms with Crippen molar-refractivity contribution in [2.24, 2.45) is 0 Å². The Morgan fingerprint density at radius 1 is 1.11 bits per heavy atom. The number of carbonyl (C=O) groups excluding carboxylic acids is 2. The van der Waals surface area contributed by atoms with Gasteiger partial charge in [-0.15, -0.1) is 0 Å². The lowest BCUT2D eigenvalue weighted by Crippen LogP contribution is -2.37. The molecule has 27 heavy (non-hydrogen) atoms. The number of hydrogen-bond donors (Lipinski definition) is 1. The van der Waals surface area contributed by atoms with Crippen molar-refractivity contribution in [2.45, 2.75) is 40.5 Å². The van der Waals surface area contributed by atoms with Gasteiger partial charge in [0, 0.05) is 12.6 Å². The zero-order chi connectivity index (χ0) is 20.0. The zero-order valence-electron chi connectivity index (χ0n) is 16.7. The normalized spacial score (nSPS) is 10.6. The molecule has 5 heteroatoms. The lowest BCUT2D eigenvalue weighted by atomic mass is 9.98. The molecule has 5 nitrogen and oxygen atoms in total. The topological polar surface area (TPSA) is 58.6 Å². The molecule has 0 bridgehead atoms. The highest BCUT2D eigenvalue weighted by atomic mass is 16.5. The van der Waals surface area contributed by atoms with Crippen LogP contribution in [0, 0.1) is 6.92 Å². The van der Waals surface area contributed by atoms with Crippen molar-refractivity contribution in [3.8, 4) is 5.75 Å². The zero-order valence-corrected chi connectivity index (χ0v) is 16.7. The van der Waals surface area contributed by atoms with Gasteiger partial charge < -0.3 is 10.1 Å². The molecule has 2 amide bonds. The lowest BCUT2D eigenvalue weighted by Gasteiger charge is -2.24. The van der Waals surface area contributed by atoms with Crippen molar-refractivity contribution in [3.05, 3.63) is 53.6 Å². The number of rotatable bonds is 7. The van der Waals surface area contributed by atoms with E-state index in [0.29, 0.717) is 18.0 Å². The van der Waals surface area contributed by atoms with E-state index in [4.69, 9.17) is 4.74 Å². The van der Waals surface area contributed by atoms with Crippen molar-refractivity contribution in [1.29, 1.82) is 0 Å². The molecule has 0 atom stereocenters. The third kappa shape index (κ3) is 5.09. The molecule has 0 aliphatic rings. The SMILES string of the molecule is CCOc1ccccc1N(CC(=O)Nc1c(C)cccc1C(C)C)C(C)=O. The monoisotopic (exact) mass is 368 g/mol. The maximum absolute atomic E-state index is 12.8. The number of para-hydroxylation sites is 3.